The fourth-order valence-electron chi connectivity index (χ4n) is 1.61. The standard InChI is InChI=1S/C12H18N4O6/c1-7(2)13-11(20)14-8(17)6-22-10(19)5-16-9(18)4-15(3)12(16)21/h7H,4-6H2,1-3H3,(H2,13,14,17,20). The monoisotopic (exact) mass is 314 g/mol. The highest BCUT2D eigenvalue weighted by Gasteiger charge is 2.35. The van der Waals surface area contributed by atoms with E-state index in [-0.39, 0.29) is 12.6 Å². The Morgan fingerprint density at radius 3 is 2.41 bits per heavy atom. The van der Waals surface area contributed by atoms with Crippen LogP contribution in [0.1, 0.15) is 13.8 Å². The summed E-state index contributed by atoms with van der Waals surface area (Å²) in [5, 5.41) is 4.39. The molecule has 1 saturated heterocycles. The lowest BCUT2D eigenvalue weighted by atomic mass is 10.4. The van der Waals surface area contributed by atoms with Crippen molar-refractivity contribution in [2.75, 3.05) is 26.7 Å². The molecule has 1 aliphatic rings. The van der Waals surface area contributed by atoms with Crippen LogP contribution in [0.4, 0.5) is 9.59 Å². The van der Waals surface area contributed by atoms with Crippen LogP contribution in [0.15, 0.2) is 0 Å². The minimum absolute atomic E-state index is 0.109. The molecule has 122 valence electrons. The number of nitrogens with one attached hydrogen (secondary N) is 2. The molecule has 0 aliphatic carbocycles. The first-order valence-corrected chi connectivity index (χ1v) is 6.52. The Morgan fingerprint density at radius 1 is 1.27 bits per heavy atom. The fourth-order valence-corrected chi connectivity index (χ4v) is 1.61. The first kappa shape index (κ1) is 17.4. The number of rotatable bonds is 5. The Balaban J connectivity index is 2.34. The Bertz CT molecular complexity index is 504. The summed E-state index contributed by atoms with van der Waals surface area (Å²) in [5.41, 5.74) is 0. The van der Waals surface area contributed by atoms with Crippen molar-refractivity contribution in [3.8, 4) is 0 Å². The number of urea groups is 2. The normalized spacial score (nSPS) is 14.4. The number of hydrogen-bond donors (Lipinski definition) is 2. The van der Waals surface area contributed by atoms with Crippen LogP contribution in [0, 0.1) is 0 Å². The van der Waals surface area contributed by atoms with Gasteiger partial charge in [-0.05, 0) is 13.8 Å². The van der Waals surface area contributed by atoms with Crippen LogP contribution in [0.2, 0.25) is 0 Å². The lowest BCUT2D eigenvalue weighted by Crippen LogP contribution is -2.44. The minimum atomic E-state index is -0.920. The molecule has 1 rings (SSSR count). The summed E-state index contributed by atoms with van der Waals surface area (Å²) < 4.78 is 4.61. The van der Waals surface area contributed by atoms with Crippen molar-refractivity contribution in [1.82, 2.24) is 20.4 Å². The summed E-state index contributed by atoms with van der Waals surface area (Å²) in [6.45, 7) is 2.06. The quantitative estimate of drug-likeness (QED) is 0.478. The first-order valence-electron chi connectivity index (χ1n) is 6.52. The molecule has 0 radical (unpaired) electrons. The maximum Gasteiger partial charge on any atom is 0.327 e. The zero-order valence-electron chi connectivity index (χ0n) is 12.5. The van der Waals surface area contributed by atoms with Crippen LogP contribution in [0.3, 0.4) is 0 Å². The van der Waals surface area contributed by atoms with E-state index in [0.29, 0.717) is 0 Å². The number of likely N-dealkylation sites (N-methyl/N-ethyl adjacent to an activating group) is 1. The molecule has 0 bridgehead atoms. The number of amides is 6. The van der Waals surface area contributed by atoms with E-state index in [0.717, 1.165) is 9.80 Å². The van der Waals surface area contributed by atoms with Crippen LogP contribution in [-0.4, -0.2) is 72.4 Å². The Kier molecular flexibility index (Phi) is 5.84. The Hall–Kier alpha value is -2.65. The molecule has 0 aromatic rings. The summed E-state index contributed by atoms with van der Waals surface area (Å²) >= 11 is 0. The summed E-state index contributed by atoms with van der Waals surface area (Å²) in [7, 11) is 1.42. The molecule has 0 aromatic carbocycles. The number of ether oxygens (including phenoxy) is 1. The molecular weight excluding hydrogens is 296 g/mol. The number of esters is 1. The third-order valence-electron chi connectivity index (χ3n) is 2.56. The van der Waals surface area contributed by atoms with Crippen LogP contribution < -0.4 is 10.6 Å². The van der Waals surface area contributed by atoms with Gasteiger partial charge in [0.15, 0.2) is 6.61 Å². The highest BCUT2D eigenvalue weighted by Crippen LogP contribution is 2.07. The maximum atomic E-state index is 11.5. The molecule has 1 heterocycles. The van der Waals surface area contributed by atoms with Gasteiger partial charge in [0, 0.05) is 13.1 Å². The van der Waals surface area contributed by atoms with Gasteiger partial charge in [-0.3, -0.25) is 24.6 Å². The van der Waals surface area contributed by atoms with Gasteiger partial charge in [-0.1, -0.05) is 0 Å². The van der Waals surface area contributed by atoms with Gasteiger partial charge in [0.1, 0.15) is 13.1 Å². The smallest absolute Gasteiger partial charge is 0.327 e. The second-order valence-electron chi connectivity index (χ2n) is 4.96. The van der Waals surface area contributed by atoms with E-state index in [1.807, 2.05) is 5.32 Å². The van der Waals surface area contributed by atoms with Crippen LogP contribution in [0.5, 0.6) is 0 Å². The number of hydrogen-bond acceptors (Lipinski definition) is 6. The molecule has 10 heteroatoms. The predicted octanol–water partition coefficient (Wildman–Crippen LogP) is -1.34. The summed E-state index contributed by atoms with van der Waals surface area (Å²) in [5.74, 6) is -2.26. The van der Waals surface area contributed by atoms with Crippen LogP contribution in [-0.2, 0) is 19.1 Å². The Labute approximate surface area is 126 Å². The SMILES string of the molecule is CC(C)NC(=O)NC(=O)COC(=O)CN1C(=O)CN(C)C1=O. The van der Waals surface area contributed by atoms with Crippen molar-refractivity contribution in [2.24, 2.45) is 0 Å². The molecule has 0 aromatic heterocycles. The number of carbonyl (C=O) groups excluding carboxylic acids is 5. The van der Waals surface area contributed by atoms with Gasteiger partial charge in [-0.25, -0.2) is 9.59 Å². The molecule has 1 aliphatic heterocycles. The summed E-state index contributed by atoms with van der Waals surface area (Å²) in [6.07, 6.45) is 0. The van der Waals surface area contributed by atoms with Gasteiger partial charge < -0.3 is 15.0 Å². The lowest BCUT2D eigenvalue weighted by Gasteiger charge is -2.13. The van der Waals surface area contributed by atoms with E-state index in [4.69, 9.17) is 0 Å². The molecular formula is C12H18N4O6. The molecule has 1 fully saturated rings. The van der Waals surface area contributed by atoms with Gasteiger partial charge in [0.05, 0.1) is 0 Å². The van der Waals surface area contributed by atoms with E-state index in [1.54, 1.807) is 13.8 Å². The largest absolute Gasteiger partial charge is 0.454 e. The van der Waals surface area contributed by atoms with Gasteiger partial charge in [0.25, 0.3) is 11.8 Å². The van der Waals surface area contributed by atoms with Crippen LogP contribution in [0.25, 0.3) is 0 Å². The lowest BCUT2D eigenvalue weighted by molar-refractivity contribution is -0.150. The maximum absolute atomic E-state index is 11.5. The van der Waals surface area contributed by atoms with Gasteiger partial charge in [-0.15, -0.1) is 0 Å². The van der Waals surface area contributed by atoms with E-state index in [1.165, 1.54) is 7.05 Å². The second-order valence-corrected chi connectivity index (χ2v) is 4.96. The highest BCUT2D eigenvalue weighted by atomic mass is 16.5. The number of imide groups is 2. The zero-order valence-corrected chi connectivity index (χ0v) is 12.5. The van der Waals surface area contributed by atoms with Crippen molar-refractivity contribution in [1.29, 1.82) is 0 Å². The van der Waals surface area contributed by atoms with Crippen molar-refractivity contribution in [3.05, 3.63) is 0 Å². The minimum Gasteiger partial charge on any atom is -0.454 e. The third kappa shape index (κ3) is 5.04. The zero-order chi connectivity index (χ0) is 16.9. The average Bonchev–Trinajstić information content (AvgIpc) is 2.62. The second kappa shape index (κ2) is 7.38. The van der Waals surface area contributed by atoms with Gasteiger partial charge in [-0.2, -0.15) is 0 Å². The molecule has 6 amide bonds. The highest BCUT2D eigenvalue weighted by molar-refractivity contribution is 6.04. The van der Waals surface area contributed by atoms with Crippen molar-refractivity contribution in [3.63, 3.8) is 0 Å². The molecule has 0 spiro atoms. The van der Waals surface area contributed by atoms with Crippen molar-refractivity contribution in [2.45, 2.75) is 19.9 Å². The molecule has 2 N–H and O–H groups in total. The predicted molar refractivity (Wildman–Crippen MR) is 72.5 cm³/mol. The Morgan fingerprint density at radius 2 is 1.91 bits per heavy atom. The number of carbonyl (C=O) groups is 5. The van der Waals surface area contributed by atoms with E-state index < -0.39 is 43.0 Å². The molecule has 0 atom stereocenters. The summed E-state index contributed by atoms with van der Waals surface area (Å²) in [4.78, 5) is 58.9. The topological polar surface area (TPSA) is 125 Å². The van der Waals surface area contributed by atoms with Gasteiger partial charge in [0.2, 0.25) is 0 Å². The van der Waals surface area contributed by atoms with Crippen molar-refractivity contribution < 1.29 is 28.7 Å². The first-order chi connectivity index (χ1) is 10.2. The van der Waals surface area contributed by atoms with Gasteiger partial charge >= 0.3 is 18.0 Å². The average molecular weight is 314 g/mol. The van der Waals surface area contributed by atoms with E-state index >= 15 is 0 Å². The number of nitrogens with zero attached hydrogens (tertiary/aromatic N) is 2. The third-order valence-corrected chi connectivity index (χ3v) is 2.56. The summed E-state index contributed by atoms with van der Waals surface area (Å²) in [6, 6.07) is -1.47. The van der Waals surface area contributed by atoms with Crippen LogP contribution >= 0.6 is 0 Å². The molecule has 22 heavy (non-hydrogen) atoms. The van der Waals surface area contributed by atoms with E-state index in [2.05, 4.69) is 10.1 Å². The van der Waals surface area contributed by atoms with E-state index in [9.17, 15) is 24.0 Å². The molecule has 0 unspecified atom stereocenters. The van der Waals surface area contributed by atoms with Crippen molar-refractivity contribution >= 4 is 29.8 Å². The molecule has 10 nitrogen and oxygen atoms in total. The molecule has 0 saturated carbocycles. The fraction of sp³-hybridized carbons (Fsp3) is 0.583.